The Labute approximate surface area is 95.2 Å². The van der Waals surface area contributed by atoms with Gasteiger partial charge in [0.25, 0.3) is 0 Å². The highest BCUT2D eigenvalue weighted by atomic mass is 32.2. The second kappa shape index (κ2) is 4.74. The number of hydrogen-bond acceptors (Lipinski definition) is 3. The molecule has 4 heteroatoms. The SMILES string of the molecule is CN(C1CCCSC1)C1CCC1C(=O)O. The molecule has 2 rings (SSSR count). The molecule has 1 saturated carbocycles. The normalized spacial score (nSPS) is 36.3. The zero-order chi connectivity index (χ0) is 10.8. The van der Waals surface area contributed by atoms with Gasteiger partial charge >= 0.3 is 5.97 Å². The molecule has 1 aliphatic heterocycles. The summed E-state index contributed by atoms with van der Waals surface area (Å²) in [7, 11) is 2.11. The van der Waals surface area contributed by atoms with Crippen molar-refractivity contribution in [3.8, 4) is 0 Å². The third kappa shape index (κ3) is 2.31. The van der Waals surface area contributed by atoms with Gasteiger partial charge in [-0.15, -0.1) is 0 Å². The average Bonchev–Trinajstić information content (AvgIpc) is 2.16. The van der Waals surface area contributed by atoms with Crippen LogP contribution in [0.2, 0.25) is 0 Å². The largest absolute Gasteiger partial charge is 0.481 e. The maximum absolute atomic E-state index is 10.9. The van der Waals surface area contributed by atoms with E-state index >= 15 is 0 Å². The minimum Gasteiger partial charge on any atom is -0.481 e. The van der Waals surface area contributed by atoms with Gasteiger partial charge in [-0.1, -0.05) is 0 Å². The van der Waals surface area contributed by atoms with Gasteiger partial charge < -0.3 is 5.11 Å². The maximum Gasteiger partial charge on any atom is 0.308 e. The summed E-state index contributed by atoms with van der Waals surface area (Å²) in [6.45, 7) is 0. The molecule has 1 aliphatic carbocycles. The molecule has 3 nitrogen and oxygen atoms in total. The average molecular weight is 229 g/mol. The highest BCUT2D eigenvalue weighted by molar-refractivity contribution is 7.99. The van der Waals surface area contributed by atoms with Crippen molar-refractivity contribution in [2.24, 2.45) is 5.92 Å². The zero-order valence-corrected chi connectivity index (χ0v) is 10.0. The van der Waals surface area contributed by atoms with Gasteiger partial charge in [-0.05, 0) is 38.5 Å². The van der Waals surface area contributed by atoms with Crippen LogP contribution in [0.1, 0.15) is 25.7 Å². The first kappa shape index (κ1) is 11.3. The van der Waals surface area contributed by atoms with Crippen molar-refractivity contribution >= 4 is 17.7 Å². The Bertz CT molecular complexity index is 241. The fraction of sp³-hybridized carbons (Fsp3) is 0.909. The molecule has 0 bridgehead atoms. The molecule has 3 atom stereocenters. The van der Waals surface area contributed by atoms with E-state index < -0.39 is 5.97 Å². The number of carboxylic acid groups (broad SMARTS) is 1. The first-order valence-electron chi connectivity index (χ1n) is 5.72. The standard InChI is InChI=1S/C11H19NO2S/c1-12(8-3-2-6-15-7-8)10-5-4-9(10)11(13)14/h8-10H,2-7H2,1H3,(H,13,14). The van der Waals surface area contributed by atoms with Crippen molar-refractivity contribution < 1.29 is 9.90 Å². The van der Waals surface area contributed by atoms with Gasteiger partial charge in [-0.3, -0.25) is 9.69 Å². The number of rotatable bonds is 3. The topological polar surface area (TPSA) is 40.5 Å². The summed E-state index contributed by atoms with van der Waals surface area (Å²) < 4.78 is 0. The lowest BCUT2D eigenvalue weighted by atomic mass is 9.78. The van der Waals surface area contributed by atoms with Crippen LogP contribution in [0.3, 0.4) is 0 Å². The lowest BCUT2D eigenvalue weighted by molar-refractivity contribution is -0.149. The Balaban J connectivity index is 1.89. The number of carbonyl (C=O) groups is 1. The minimum absolute atomic E-state index is 0.109. The molecule has 1 heterocycles. The molecule has 0 aromatic heterocycles. The molecule has 1 saturated heterocycles. The van der Waals surface area contributed by atoms with Crippen molar-refractivity contribution in [3.63, 3.8) is 0 Å². The van der Waals surface area contributed by atoms with E-state index in [2.05, 4.69) is 11.9 Å². The highest BCUT2D eigenvalue weighted by Gasteiger charge is 2.41. The molecule has 15 heavy (non-hydrogen) atoms. The molecule has 0 aromatic rings. The van der Waals surface area contributed by atoms with Crippen LogP contribution in [0.15, 0.2) is 0 Å². The summed E-state index contributed by atoms with van der Waals surface area (Å²) in [5.74, 6) is 1.74. The quantitative estimate of drug-likeness (QED) is 0.799. The van der Waals surface area contributed by atoms with E-state index in [1.807, 2.05) is 11.8 Å². The zero-order valence-electron chi connectivity index (χ0n) is 9.19. The predicted molar refractivity (Wildman–Crippen MR) is 62.3 cm³/mol. The van der Waals surface area contributed by atoms with Crippen LogP contribution in [0.5, 0.6) is 0 Å². The van der Waals surface area contributed by atoms with Crippen LogP contribution in [-0.2, 0) is 4.79 Å². The number of hydrogen-bond donors (Lipinski definition) is 1. The van der Waals surface area contributed by atoms with Crippen LogP contribution in [0, 0.1) is 5.92 Å². The summed E-state index contributed by atoms with van der Waals surface area (Å²) in [4.78, 5) is 13.3. The van der Waals surface area contributed by atoms with Gasteiger partial charge in [0.2, 0.25) is 0 Å². The van der Waals surface area contributed by atoms with Gasteiger partial charge in [0, 0.05) is 17.8 Å². The van der Waals surface area contributed by atoms with Gasteiger partial charge in [0.1, 0.15) is 0 Å². The summed E-state index contributed by atoms with van der Waals surface area (Å²) in [6.07, 6.45) is 4.45. The van der Waals surface area contributed by atoms with Crippen molar-refractivity contribution in [1.82, 2.24) is 4.90 Å². The van der Waals surface area contributed by atoms with Gasteiger partial charge in [0.15, 0.2) is 0 Å². The monoisotopic (exact) mass is 229 g/mol. The molecular weight excluding hydrogens is 210 g/mol. The predicted octanol–water partition coefficient (Wildman–Crippen LogP) is 1.68. The highest BCUT2D eigenvalue weighted by Crippen LogP contribution is 2.34. The lowest BCUT2D eigenvalue weighted by Gasteiger charge is -2.45. The second-order valence-corrected chi connectivity index (χ2v) is 5.78. The Morgan fingerprint density at radius 1 is 1.40 bits per heavy atom. The summed E-state index contributed by atoms with van der Waals surface area (Å²) in [5.41, 5.74) is 0. The Morgan fingerprint density at radius 2 is 2.20 bits per heavy atom. The van der Waals surface area contributed by atoms with Crippen LogP contribution in [0.4, 0.5) is 0 Å². The van der Waals surface area contributed by atoms with E-state index in [4.69, 9.17) is 5.11 Å². The van der Waals surface area contributed by atoms with Crippen LogP contribution in [0.25, 0.3) is 0 Å². The second-order valence-electron chi connectivity index (χ2n) is 4.63. The molecule has 86 valence electrons. The third-order valence-corrected chi connectivity index (χ3v) is 4.99. The fourth-order valence-corrected chi connectivity index (χ4v) is 3.78. The molecule has 1 N–H and O–H groups in total. The van der Waals surface area contributed by atoms with Crippen molar-refractivity contribution in [2.45, 2.75) is 37.8 Å². The lowest BCUT2D eigenvalue weighted by Crippen LogP contribution is -2.53. The number of carboxylic acids is 1. The molecule has 0 radical (unpaired) electrons. The van der Waals surface area contributed by atoms with Crippen LogP contribution >= 0.6 is 11.8 Å². The molecule has 3 unspecified atom stereocenters. The summed E-state index contributed by atoms with van der Waals surface area (Å²) >= 11 is 2.00. The van der Waals surface area contributed by atoms with E-state index in [1.165, 1.54) is 24.3 Å². The molecule has 2 aliphatic rings. The number of nitrogens with zero attached hydrogens (tertiary/aromatic N) is 1. The van der Waals surface area contributed by atoms with Crippen LogP contribution < -0.4 is 0 Å². The third-order valence-electron chi connectivity index (χ3n) is 3.79. The van der Waals surface area contributed by atoms with Crippen molar-refractivity contribution in [2.75, 3.05) is 18.6 Å². The first-order chi connectivity index (χ1) is 7.20. The van der Waals surface area contributed by atoms with E-state index in [-0.39, 0.29) is 5.92 Å². The Hall–Kier alpha value is -0.220. The van der Waals surface area contributed by atoms with Crippen molar-refractivity contribution in [3.05, 3.63) is 0 Å². The van der Waals surface area contributed by atoms with Gasteiger partial charge in [-0.2, -0.15) is 11.8 Å². The smallest absolute Gasteiger partial charge is 0.308 e. The van der Waals surface area contributed by atoms with Crippen molar-refractivity contribution in [1.29, 1.82) is 0 Å². The Kier molecular flexibility index (Phi) is 3.57. The van der Waals surface area contributed by atoms with E-state index in [0.717, 1.165) is 12.8 Å². The van der Waals surface area contributed by atoms with Gasteiger partial charge in [-0.25, -0.2) is 0 Å². The molecule has 0 amide bonds. The minimum atomic E-state index is -0.610. The summed E-state index contributed by atoms with van der Waals surface area (Å²) in [6, 6.07) is 0.905. The van der Waals surface area contributed by atoms with Gasteiger partial charge in [0.05, 0.1) is 5.92 Å². The van der Waals surface area contributed by atoms with E-state index in [0.29, 0.717) is 12.1 Å². The fourth-order valence-electron chi connectivity index (χ4n) is 2.57. The Morgan fingerprint density at radius 3 is 2.67 bits per heavy atom. The maximum atomic E-state index is 10.9. The molecule has 0 spiro atoms. The number of aliphatic carboxylic acids is 1. The number of thioether (sulfide) groups is 1. The van der Waals surface area contributed by atoms with Crippen LogP contribution in [-0.4, -0.2) is 46.6 Å². The first-order valence-corrected chi connectivity index (χ1v) is 6.88. The van der Waals surface area contributed by atoms with E-state index in [1.54, 1.807) is 0 Å². The molecule has 2 fully saturated rings. The summed E-state index contributed by atoms with van der Waals surface area (Å²) in [5, 5.41) is 9.02. The molecular formula is C11H19NO2S. The van der Waals surface area contributed by atoms with E-state index in [9.17, 15) is 4.79 Å². The molecule has 0 aromatic carbocycles.